The molecule has 2 aromatic carbocycles. The van der Waals surface area contributed by atoms with Crippen LogP contribution in [0.25, 0.3) is 5.69 Å². The van der Waals surface area contributed by atoms with Crippen LogP contribution in [-0.2, 0) is 14.8 Å². The molecule has 0 aliphatic heterocycles. The molecule has 1 amide bonds. The highest BCUT2D eigenvalue weighted by molar-refractivity contribution is 7.92. The molecule has 0 saturated carbocycles. The Hall–Kier alpha value is -2.81. The van der Waals surface area contributed by atoms with E-state index in [-0.39, 0.29) is 6.54 Å². The number of hydrazone groups is 1. The molecule has 1 aromatic heterocycles. The van der Waals surface area contributed by atoms with E-state index >= 15 is 0 Å². The summed E-state index contributed by atoms with van der Waals surface area (Å²) in [5, 5.41) is 4.95. The normalized spacial score (nSPS) is 11.7. The summed E-state index contributed by atoms with van der Waals surface area (Å²) in [6.07, 6.45) is 2.58. The van der Waals surface area contributed by atoms with Crippen LogP contribution < -0.4 is 9.73 Å². The lowest BCUT2D eigenvalue weighted by Gasteiger charge is -2.21. The zero-order valence-corrected chi connectivity index (χ0v) is 21.0. The van der Waals surface area contributed by atoms with E-state index in [1.807, 2.05) is 43.5 Å². The number of amides is 1. The van der Waals surface area contributed by atoms with Crippen molar-refractivity contribution in [1.29, 1.82) is 0 Å². The summed E-state index contributed by atoms with van der Waals surface area (Å²) in [5.74, 6) is -0.559. The Morgan fingerprint density at radius 3 is 2.45 bits per heavy atom. The third kappa shape index (κ3) is 5.96. The Balaban J connectivity index is 1.75. The van der Waals surface area contributed by atoms with Crippen molar-refractivity contribution >= 4 is 51.0 Å². The number of benzene rings is 2. The molecule has 0 bridgehead atoms. The molecule has 174 valence electrons. The second-order valence-electron chi connectivity index (χ2n) is 7.66. The minimum Gasteiger partial charge on any atom is -0.318 e. The highest BCUT2D eigenvalue weighted by atomic mass is 35.5. The Morgan fingerprint density at radius 2 is 1.82 bits per heavy atom. The maximum absolute atomic E-state index is 12.4. The van der Waals surface area contributed by atoms with Crippen molar-refractivity contribution in [1.82, 2.24) is 9.99 Å². The smallest absolute Gasteiger partial charge is 0.260 e. The quantitative estimate of drug-likeness (QED) is 0.374. The van der Waals surface area contributed by atoms with Crippen molar-refractivity contribution in [3.05, 3.63) is 81.1 Å². The van der Waals surface area contributed by atoms with Crippen LogP contribution in [0.3, 0.4) is 0 Å². The van der Waals surface area contributed by atoms with Crippen molar-refractivity contribution in [2.45, 2.75) is 20.8 Å². The average Bonchev–Trinajstić information content (AvgIpc) is 3.00. The van der Waals surface area contributed by atoms with Gasteiger partial charge >= 0.3 is 0 Å². The summed E-state index contributed by atoms with van der Waals surface area (Å²) in [5.41, 5.74) is 7.19. The first-order valence-electron chi connectivity index (χ1n) is 9.98. The number of rotatable bonds is 7. The standard InChI is InChI=1S/C23H24Cl2N4O3S/c1-15-6-5-7-19(10-15)28(33(4,31)32)14-23(30)27-26-13-18-11-16(2)29(17(18)3)20-8-9-21(24)22(25)12-20/h5-13H,14H2,1-4H3,(H,27,30)/b26-13+. The second-order valence-corrected chi connectivity index (χ2v) is 10.4. The van der Waals surface area contributed by atoms with Crippen molar-refractivity contribution in [3.63, 3.8) is 0 Å². The van der Waals surface area contributed by atoms with E-state index in [4.69, 9.17) is 23.2 Å². The molecule has 7 nitrogen and oxygen atoms in total. The molecule has 1 N–H and O–H groups in total. The molecule has 0 radical (unpaired) electrons. The largest absolute Gasteiger partial charge is 0.318 e. The Bertz CT molecular complexity index is 1330. The molecular formula is C23H24Cl2N4O3S. The molecule has 0 spiro atoms. The lowest BCUT2D eigenvalue weighted by Crippen LogP contribution is -2.39. The van der Waals surface area contributed by atoms with Gasteiger partial charge in [-0.1, -0.05) is 35.3 Å². The zero-order chi connectivity index (χ0) is 24.3. The van der Waals surface area contributed by atoms with Crippen LogP contribution in [0.1, 0.15) is 22.5 Å². The van der Waals surface area contributed by atoms with Crippen molar-refractivity contribution in [2.75, 3.05) is 17.1 Å². The maximum Gasteiger partial charge on any atom is 0.260 e. The first kappa shape index (κ1) is 24.8. The molecular weight excluding hydrogens is 483 g/mol. The third-order valence-corrected chi connectivity index (χ3v) is 6.88. The van der Waals surface area contributed by atoms with Gasteiger partial charge in [0.25, 0.3) is 5.91 Å². The van der Waals surface area contributed by atoms with Crippen LogP contribution in [0.2, 0.25) is 10.0 Å². The summed E-state index contributed by atoms with van der Waals surface area (Å²) in [4.78, 5) is 12.4. The van der Waals surface area contributed by atoms with Gasteiger partial charge < -0.3 is 4.57 Å². The molecule has 0 saturated heterocycles. The molecule has 0 aliphatic rings. The van der Waals surface area contributed by atoms with Gasteiger partial charge in [0.1, 0.15) is 6.54 Å². The van der Waals surface area contributed by atoms with E-state index in [1.165, 1.54) is 6.21 Å². The fraction of sp³-hybridized carbons (Fsp3) is 0.217. The second kappa shape index (κ2) is 9.99. The predicted molar refractivity (Wildman–Crippen MR) is 134 cm³/mol. The first-order chi connectivity index (χ1) is 15.5. The molecule has 3 rings (SSSR count). The summed E-state index contributed by atoms with van der Waals surface area (Å²) in [7, 11) is -3.66. The van der Waals surface area contributed by atoms with Crippen LogP contribution in [-0.4, -0.2) is 37.9 Å². The number of carbonyl (C=O) groups is 1. The molecule has 0 atom stereocenters. The fourth-order valence-corrected chi connectivity index (χ4v) is 4.60. The minimum absolute atomic E-state index is 0.387. The molecule has 0 unspecified atom stereocenters. The Kier molecular flexibility index (Phi) is 7.51. The Labute approximate surface area is 203 Å². The van der Waals surface area contributed by atoms with Crippen LogP contribution in [0.5, 0.6) is 0 Å². The van der Waals surface area contributed by atoms with Crippen molar-refractivity contribution in [3.8, 4) is 5.69 Å². The molecule has 1 heterocycles. The number of nitrogens with zero attached hydrogens (tertiary/aromatic N) is 3. The van der Waals surface area contributed by atoms with Crippen molar-refractivity contribution < 1.29 is 13.2 Å². The van der Waals surface area contributed by atoms with Gasteiger partial charge in [-0.15, -0.1) is 0 Å². The van der Waals surface area contributed by atoms with Gasteiger partial charge in [0.2, 0.25) is 10.0 Å². The number of sulfonamides is 1. The van der Waals surface area contributed by atoms with E-state index in [1.54, 1.807) is 30.3 Å². The average molecular weight is 507 g/mol. The number of hydrogen-bond donors (Lipinski definition) is 1. The van der Waals surface area contributed by atoms with E-state index in [9.17, 15) is 13.2 Å². The third-order valence-electron chi connectivity index (χ3n) is 5.00. The van der Waals surface area contributed by atoms with Gasteiger partial charge in [-0.25, -0.2) is 13.8 Å². The summed E-state index contributed by atoms with van der Waals surface area (Å²) < 4.78 is 27.5. The topological polar surface area (TPSA) is 83.8 Å². The van der Waals surface area contributed by atoms with Gasteiger partial charge in [-0.3, -0.25) is 9.10 Å². The van der Waals surface area contributed by atoms with Crippen LogP contribution in [0.15, 0.2) is 53.6 Å². The van der Waals surface area contributed by atoms with Crippen LogP contribution >= 0.6 is 23.2 Å². The maximum atomic E-state index is 12.4. The monoisotopic (exact) mass is 506 g/mol. The zero-order valence-electron chi connectivity index (χ0n) is 18.6. The van der Waals surface area contributed by atoms with Gasteiger partial charge in [-0.2, -0.15) is 5.10 Å². The van der Waals surface area contributed by atoms with Crippen molar-refractivity contribution in [2.24, 2.45) is 5.10 Å². The summed E-state index contributed by atoms with van der Waals surface area (Å²) >= 11 is 12.2. The number of aromatic nitrogens is 1. The van der Waals surface area contributed by atoms with Gasteiger partial charge in [0, 0.05) is 22.6 Å². The Morgan fingerprint density at radius 1 is 1.09 bits per heavy atom. The molecule has 3 aromatic rings. The predicted octanol–water partition coefficient (Wildman–Crippen LogP) is 4.63. The van der Waals surface area contributed by atoms with Gasteiger partial charge in [-0.05, 0) is 62.7 Å². The highest BCUT2D eigenvalue weighted by Crippen LogP contribution is 2.27. The number of halogens is 2. The molecule has 0 fully saturated rings. The SMILES string of the molecule is Cc1cccc(N(CC(=O)N/N=C/c2cc(C)n(-c3ccc(Cl)c(Cl)c3)c2C)S(C)(=O)=O)c1. The van der Waals surface area contributed by atoms with Crippen LogP contribution in [0, 0.1) is 20.8 Å². The first-order valence-corrected chi connectivity index (χ1v) is 12.6. The number of nitrogens with one attached hydrogen (secondary N) is 1. The number of aryl methyl sites for hydroxylation is 2. The number of anilines is 1. The molecule has 33 heavy (non-hydrogen) atoms. The lowest BCUT2D eigenvalue weighted by molar-refractivity contribution is -0.119. The lowest BCUT2D eigenvalue weighted by atomic mass is 10.2. The molecule has 10 heteroatoms. The number of carbonyl (C=O) groups excluding carboxylic acids is 1. The number of hydrogen-bond acceptors (Lipinski definition) is 4. The summed E-state index contributed by atoms with van der Waals surface area (Å²) in [6.45, 7) is 5.32. The van der Waals surface area contributed by atoms with Crippen LogP contribution in [0.4, 0.5) is 5.69 Å². The van der Waals surface area contributed by atoms with E-state index in [0.29, 0.717) is 15.7 Å². The van der Waals surface area contributed by atoms with E-state index in [2.05, 4.69) is 10.5 Å². The summed E-state index contributed by atoms with van der Waals surface area (Å²) in [6, 6.07) is 14.2. The minimum atomic E-state index is -3.66. The molecule has 0 aliphatic carbocycles. The van der Waals surface area contributed by atoms with Gasteiger partial charge in [0.05, 0.1) is 28.2 Å². The van der Waals surface area contributed by atoms with E-state index in [0.717, 1.165) is 38.8 Å². The highest BCUT2D eigenvalue weighted by Gasteiger charge is 2.20. The fourth-order valence-electron chi connectivity index (χ4n) is 3.46. The van der Waals surface area contributed by atoms with Gasteiger partial charge in [0.15, 0.2) is 0 Å². The van der Waals surface area contributed by atoms with E-state index < -0.39 is 15.9 Å².